The Labute approximate surface area is 237 Å². The summed E-state index contributed by atoms with van der Waals surface area (Å²) < 4.78 is 41.6. The van der Waals surface area contributed by atoms with Gasteiger partial charge in [0, 0.05) is 17.7 Å². The highest BCUT2D eigenvalue weighted by Gasteiger charge is 2.53. The van der Waals surface area contributed by atoms with Gasteiger partial charge < -0.3 is 9.47 Å². The summed E-state index contributed by atoms with van der Waals surface area (Å²) in [5.41, 5.74) is 4.00. The number of rotatable bonds is 9. The van der Waals surface area contributed by atoms with Crippen molar-refractivity contribution in [3.63, 3.8) is 0 Å². The molecule has 0 aliphatic carbocycles. The third-order valence-corrected chi connectivity index (χ3v) is 9.12. The molecule has 0 amide bonds. The molecule has 1 aliphatic heterocycles. The zero-order valence-electron chi connectivity index (χ0n) is 21.8. The van der Waals surface area contributed by atoms with E-state index in [1.54, 1.807) is 0 Å². The molecule has 1 aliphatic rings. The van der Waals surface area contributed by atoms with E-state index in [2.05, 4.69) is 36.4 Å². The Morgan fingerprint density at radius 1 is 0.650 bits per heavy atom. The van der Waals surface area contributed by atoms with E-state index in [9.17, 15) is 0 Å². The van der Waals surface area contributed by atoms with Crippen molar-refractivity contribution in [2.75, 3.05) is 13.2 Å². The Kier molecular flexibility index (Phi) is 7.42. The summed E-state index contributed by atoms with van der Waals surface area (Å²) in [5.74, 6) is -1.12. The summed E-state index contributed by atoms with van der Waals surface area (Å²) in [7, 11) is 0. The second kappa shape index (κ2) is 11.3. The number of thioether (sulfide) groups is 1. The van der Waals surface area contributed by atoms with Crippen molar-refractivity contribution < 1.29 is 18.3 Å². The van der Waals surface area contributed by atoms with Gasteiger partial charge in [0.25, 0.3) is 0 Å². The average Bonchev–Trinajstić information content (AvgIpc) is 2.98. The topological polar surface area (TPSA) is 18.5 Å². The first kappa shape index (κ1) is 26.3. The van der Waals surface area contributed by atoms with Gasteiger partial charge in [-0.3, -0.25) is 0 Å². The molecule has 0 aromatic heterocycles. The third kappa shape index (κ3) is 4.91. The van der Waals surface area contributed by atoms with Gasteiger partial charge in [-0.05, 0) is 22.3 Å². The molecule has 5 heteroatoms. The molecule has 0 unspecified atom stereocenters. The van der Waals surface area contributed by atoms with Crippen LogP contribution in [-0.4, -0.2) is 13.2 Å². The maximum Gasteiger partial charge on any atom is 0.134 e. The standard InChI is InChI=1S/C35H28F2O2S/c36-31-21-30(39-23-26-13-5-1-6-14-26)22-32(37)33(31)34(24-38-25-34)40-35(27-15-7-2-8-16-27,28-17-9-3-10-18-28)29-19-11-4-12-20-29/h1-22H,23-25H2. The maximum absolute atomic E-state index is 15.9. The Balaban J connectivity index is 1.45. The zero-order chi connectivity index (χ0) is 27.4. The molecule has 0 bridgehead atoms. The molecule has 0 radical (unpaired) electrons. The van der Waals surface area contributed by atoms with Gasteiger partial charge in [0.05, 0.1) is 22.7 Å². The van der Waals surface area contributed by atoms with Gasteiger partial charge in [0.2, 0.25) is 0 Å². The highest BCUT2D eigenvalue weighted by molar-refractivity contribution is 8.01. The summed E-state index contributed by atoms with van der Waals surface area (Å²) >= 11 is 1.54. The van der Waals surface area contributed by atoms with Crippen LogP contribution in [0.3, 0.4) is 0 Å². The number of hydrogen-bond donors (Lipinski definition) is 0. The molecule has 0 saturated carbocycles. The predicted molar refractivity (Wildman–Crippen MR) is 156 cm³/mol. The van der Waals surface area contributed by atoms with Gasteiger partial charge in [-0.25, -0.2) is 8.78 Å². The molecular weight excluding hydrogens is 522 g/mol. The van der Waals surface area contributed by atoms with E-state index >= 15 is 8.78 Å². The number of halogens is 2. The lowest BCUT2D eigenvalue weighted by molar-refractivity contribution is -0.0144. The summed E-state index contributed by atoms with van der Waals surface area (Å²) in [6, 6.07) is 42.5. The van der Waals surface area contributed by atoms with Gasteiger partial charge in [-0.15, -0.1) is 11.8 Å². The molecule has 0 N–H and O–H groups in total. The van der Waals surface area contributed by atoms with Crippen LogP contribution in [-0.2, 0) is 20.8 Å². The van der Waals surface area contributed by atoms with Crippen LogP contribution >= 0.6 is 11.8 Å². The highest BCUT2D eigenvalue weighted by Crippen LogP contribution is 2.59. The van der Waals surface area contributed by atoms with E-state index in [0.29, 0.717) is 0 Å². The molecule has 5 aromatic rings. The van der Waals surface area contributed by atoms with Crippen LogP contribution < -0.4 is 4.74 Å². The average molecular weight is 551 g/mol. The van der Waals surface area contributed by atoms with Crippen LogP contribution in [0.25, 0.3) is 0 Å². The second-order valence-electron chi connectivity index (χ2n) is 9.90. The van der Waals surface area contributed by atoms with Crippen LogP contribution in [0, 0.1) is 11.6 Å². The largest absolute Gasteiger partial charge is 0.489 e. The van der Waals surface area contributed by atoms with E-state index in [1.807, 2.05) is 84.9 Å². The first-order valence-corrected chi connectivity index (χ1v) is 14.0. The molecule has 2 nitrogen and oxygen atoms in total. The van der Waals surface area contributed by atoms with Crippen molar-refractivity contribution in [1.29, 1.82) is 0 Å². The summed E-state index contributed by atoms with van der Waals surface area (Å²) in [6.45, 7) is 0.592. The minimum atomic E-state index is -0.965. The zero-order valence-corrected chi connectivity index (χ0v) is 22.6. The second-order valence-corrected chi connectivity index (χ2v) is 11.5. The Morgan fingerprint density at radius 2 is 1.07 bits per heavy atom. The lowest BCUT2D eigenvalue weighted by atomic mass is 9.84. The van der Waals surface area contributed by atoms with Crippen LogP contribution in [0.2, 0.25) is 0 Å². The van der Waals surface area contributed by atoms with Crippen LogP contribution in [0.4, 0.5) is 8.78 Å². The number of hydrogen-bond acceptors (Lipinski definition) is 3. The smallest absolute Gasteiger partial charge is 0.134 e. The fourth-order valence-corrected chi connectivity index (χ4v) is 7.27. The Morgan fingerprint density at radius 3 is 1.48 bits per heavy atom. The van der Waals surface area contributed by atoms with Crippen molar-refractivity contribution in [1.82, 2.24) is 0 Å². The predicted octanol–water partition coefficient (Wildman–Crippen LogP) is 8.49. The van der Waals surface area contributed by atoms with Crippen molar-refractivity contribution in [2.45, 2.75) is 16.1 Å². The van der Waals surface area contributed by atoms with Crippen molar-refractivity contribution >= 4 is 11.8 Å². The Hall–Kier alpha value is -3.93. The van der Waals surface area contributed by atoms with Crippen LogP contribution in [0.1, 0.15) is 27.8 Å². The normalized spacial score (nSPS) is 14.3. The molecule has 0 spiro atoms. The van der Waals surface area contributed by atoms with Crippen molar-refractivity contribution in [3.8, 4) is 5.75 Å². The minimum absolute atomic E-state index is 0.0166. The maximum atomic E-state index is 15.9. The number of ether oxygens (including phenoxy) is 2. The van der Waals surface area contributed by atoms with E-state index < -0.39 is 21.1 Å². The summed E-state index contributed by atoms with van der Waals surface area (Å²) in [6.07, 6.45) is 0. The first-order valence-electron chi connectivity index (χ1n) is 13.2. The van der Waals surface area contributed by atoms with Gasteiger partial charge in [0.15, 0.2) is 0 Å². The fraction of sp³-hybridized carbons (Fsp3) is 0.143. The lowest BCUT2D eigenvalue weighted by Crippen LogP contribution is -2.48. The van der Waals surface area contributed by atoms with E-state index in [0.717, 1.165) is 22.3 Å². The van der Waals surface area contributed by atoms with E-state index in [4.69, 9.17) is 9.47 Å². The lowest BCUT2D eigenvalue weighted by Gasteiger charge is -2.48. The fourth-order valence-electron chi connectivity index (χ4n) is 5.34. The van der Waals surface area contributed by atoms with E-state index in [1.165, 1.54) is 23.9 Å². The SMILES string of the molecule is Fc1cc(OCc2ccccc2)cc(F)c1C1(SC(c2ccccc2)(c2ccccc2)c2ccccc2)COC1. The van der Waals surface area contributed by atoms with Gasteiger partial charge in [-0.2, -0.15) is 0 Å². The molecule has 40 heavy (non-hydrogen) atoms. The molecule has 200 valence electrons. The molecular formula is C35H28F2O2S. The molecule has 1 saturated heterocycles. The van der Waals surface area contributed by atoms with Crippen LogP contribution in [0.5, 0.6) is 5.75 Å². The number of benzene rings is 5. The quantitative estimate of drug-likeness (QED) is 0.172. The summed E-state index contributed by atoms with van der Waals surface area (Å²) in [4.78, 5) is 0. The third-order valence-electron chi connectivity index (χ3n) is 7.28. The monoisotopic (exact) mass is 550 g/mol. The van der Waals surface area contributed by atoms with Crippen molar-refractivity contribution in [3.05, 3.63) is 173 Å². The minimum Gasteiger partial charge on any atom is -0.489 e. The molecule has 1 heterocycles. The molecule has 6 rings (SSSR count). The molecule has 0 atom stereocenters. The van der Waals surface area contributed by atoms with Gasteiger partial charge in [0.1, 0.15) is 24.0 Å². The van der Waals surface area contributed by atoms with Crippen LogP contribution in [0.15, 0.2) is 133 Å². The van der Waals surface area contributed by atoms with Gasteiger partial charge >= 0.3 is 0 Å². The first-order chi connectivity index (χ1) is 19.6. The highest BCUT2D eigenvalue weighted by atomic mass is 32.2. The van der Waals surface area contributed by atoms with Gasteiger partial charge in [-0.1, -0.05) is 121 Å². The molecule has 5 aromatic carbocycles. The molecule has 1 fully saturated rings. The van der Waals surface area contributed by atoms with Crippen molar-refractivity contribution in [2.24, 2.45) is 0 Å². The summed E-state index contributed by atoms with van der Waals surface area (Å²) in [5, 5.41) is 0. The Bertz CT molecular complexity index is 1440. The van der Waals surface area contributed by atoms with E-state index in [-0.39, 0.29) is 31.1 Å².